The van der Waals surface area contributed by atoms with Crippen LogP contribution in [0.3, 0.4) is 0 Å². The molecule has 6 heteroatoms. The van der Waals surface area contributed by atoms with Crippen molar-refractivity contribution in [3.8, 4) is 11.1 Å². The number of carbonyl (C=O) groups is 1. The van der Waals surface area contributed by atoms with Gasteiger partial charge in [0.1, 0.15) is 5.82 Å². The maximum absolute atomic E-state index is 13.6. The Balaban J connectivity index is 1.47. The van der Waals surface area contributed by atoms with Crippen molar-refractivity contribution in [1.82, 2.24) is 4.90 Å². The maximum Gasteiger partial charge on any atom is 0.264 e. The van der Waals surface area contributed by atoms with Crippen molar-refractivity contribution < 1.29 is 13.9 Å². The summed E-state index contributed by atoms with van der Waals surface area (Å²) in [5, 5.41) is 1.13. The van der Waals surface area contributed by atoms with Crippen molar-refractivity contribution in [3.63, 3.8) is 0 Å². The molecule has 2 fully saturated rings. The summed E-state index contributed by atoms with van der Waals surface area (Å²) >= 11 is 1.57. The van der Waals surface area contributed by atoms with E-state index < -0.39 is 0 Å². The highest BCUT2D eigenvalue weighted by molar-refractivity contribution is 7.18. The van der Waals surface area contributed by atoms with Gasteiger partial charge in [-0.25, -0.2) is 4.39 Å². The van der Waals surface area contributed by atoms with Gasteiger partial charge in [-0.05, 0) is 42.2 Å². The molecule has 1 aliphatic carbocycles. The first-order valence-electron chi connectivity index (χ1n) is 10.8. The van der Waals surface area contributed by atoms with E-state index >= 15 is 0 Å². The summed E-state index contributed by atoms with van der Waals surface area (Å²) in [5.74, 6) is -0.192. The number of anilines is 1. The van der Waals surface area contributed by atoms with Crippen LogP contribution in [0.2, 0.25) is 0 Å². The molecule has 5 rings (SSSR count). The minimum absolute atomic E-state index is 0.0634. The Hall–Kier alpha value is -2.70. The number of thiophene rings is 1. The quantitative estimate of drug-likeness (QED) is 0.533. The number of amides is 1. The molecule has 3 aromatic rings. The summed E-state index contributed by atoms with van der Waals surface area (Å²) in [6, 6.07) is 19.0. The maximum atomic E-state index is 13.6. The van der Waals surface area contributed by atoms with Gasteiger partial charge < -0.3 is 14.5 Å². The molecule has 1 amide bonds. The van der Waals surface area contributed by atoms with E-state index in [4.69, 9.17) is 4.74 Å². The van der Waals surface area contributed by atoms with Crippen LogP contribution < -0.4 is 4.90 Å². The zero-order valence-corrected chi connectivity index (χ0v) is 18.1. The highest BCUT2D eigenvalue weighted by Gasteiger charge is 2.34. The number of halogens is 1. The number of ether oxygens (including phenoxy) is 1. The van der Waals surface area contributed by atoms with Gasteiger partial charge in [0, 0.05) is 31.2 Å². The largest absolute Gasteiger partial charge is 0.378 e. The van der Waals surface area contributed by atoms with Gasteiger partial charge in [-0.2, -0.15) is 0 Å². The van der Waals surface area contributed by atoms with E-state index in [9.17, 15) is 9.18 Å². The van der Waals surface area contributed by atoms with Crippen LogP contribution in [0.25, 0.3) is 11.1 Å². The van der Waals surface area contributed by atoms with E-state index in [2.05, 4.69) is 17.0 Å². The summed E-state index contributed by atoms with van der Waals surface area (Å²) < 4.78 is 18.8. The molecule has 0 atom stereocenters. The van der Waals surface area contributed by atoms with Gasteiger partial charge >= 0.3 is 0 Å². The molecule has 2 aliphatic rings. The highest BCUT2D eigenvalue weighted by Crippen LogP contribution is 2.41. The van der Waals surface area contributed by atoms with Gasteiger partial charge in [-0.15, -0.1) is 11.3 Å². The molecule has 1 aromatic heterocycles. The van der Waals surface area contributed by atoms with Gasteiger partial charge in [-0.3, -0.25) is 4.79 Å². The zero-order valence-electron chi connectivity index (χ0n) is 17.3. The average Bonchev–Trinajstić information content (AvgIpc) is 3.56. The molecule has 0 spiro atoms. The van der Waals surface area contributed by atoms with Crippen molar-refractivity contribution in [2.45, 2.75) is 25.4 Å². The summed E-state index contributed by atoms with van der Waals surface area (Å²) in [4.78, 5) is 18.6. The predicted octanol–water partition coefficient (Wildman–Crippen LogP) is 5.20. The number of rotatable bonds is 6. The third-order valence-electron chi connectivity index (χ3n) is 5.82. The minimum atomic E-state index is -0.256. The molecular formula is C25H25FN2O2S. The fourth-order valence-corrected chi connectivity index (χ4v) is 5.18. The van der Waals surface area contributed by atoms with E-state index in [1.165, 1.54) is 12.1 Å². The second kappa shape index (κ2) is 8.81. The summed E-state index contributed by atoms with van der Waals surface area (Å²) in [6.45, 7) is 3.57. The molecule has 2 aromatic carbocycles. The molecule has 2 heterocycles. The van der Waals surface area contributed by atoms with Crippen LogP contribution in [0.5, 0.6) is 0 Å². The Labute approximate surface area is 185 Å². The number of hydrogen-bond acceptors (Lipinski definition) is 4. The van der Waals surface area contributed by atoms with Gasteiger partial charge in [0.25, 0.3) is 5.91 Å². The lowest BCUT2D eigenvalue weighted by molar-refractivity contribution is 0.0735. The summed E-state index contributed by atoms with van der Waals surface area (Å²) in [7, 11) is 0. The topological polar surface area (TPSA) is 32.8 Å². The molecule has 0 radical (unpaired) electrons. The summed E-state index contributed by atoms with van der Waals surface area (Å²) in [6.07, 6.45) is 2.06. The lowest BCUT2D eigenvalue weighted by Crippen LogP contribution is -2.36. The van der Waals surface area contributed by atoms with Gasteiger partial charge in [-0.1, -0.05) is 42.5 Å². The summed E-state index contributed by atoms with van der Waals surface area (Å²) in [5.41, 5.74) is 3.18. The first-order valence-corrected chi connectivity index (χ1v) is 11.6. The van der Waals surface area contributed by atoms with E-state index in [0.29, 0.717) is 19.8 Å². The molecular weight excluding hydrogens is 411 g/mol. The average molecular weight is 437 g/mol. The molecule has 1 saturated carbocycles. The Morgan fingerprint density at radius 1 is 1.06 bits per heavy atom. The molecule has 160 valence electrons. The molecule has 0 unspecified atom stereocenters. The van der Waals surface area contributed by atoms with Crippen molar-refractivity contribution in [2.75, 3.05) is 31.2 Å². The van der Waals surface area contributed by atoms with Gasteiger partial charge in [0.2, 0.25) is 0 Å². The van der Waals surface area contributed by atoms with E-state index in [1.807, 2.05) is 29.2 Å². The number of nitrogens with zero attached hydrogens (tertiary/aromatic N) is 2. The van der Waals surface area contributed by atoms with Crippen LogP contribution in [-0.2, 0) is 11.3 Å². The molecule has 0 bridgehead atoms. The third kappa shape index (κ3) is 4.50. The molecule has 4 nitrogen and oxygen atoms in total. The molecule has 1 aliphatic heterocycles. The van der Waals surface area contributed by atoms with E-state index in [-0.39, 0.29) is 17.8 Å². The Morgan fingerprint density at radius 2 is 1.77 bits per heavy atom. The first kappa shape index (κ1) is 20.2. The predicted molar refractivity (Wildman–Crippen MR) is 122 cm³/mol. The van der Waals surface area contributed by atoms with Crippen molar-refractivity contribution >= 4 is 22.2 Å². The molecule has 1 saturated heterocycles. The lowest BCUT2D eigenvalue weighted by atomic mass is 10.1. The van der Waals surface area contributed by atoms with Gasteiger partial charge in [0.15, 0.2) is 0 Å². The standard InChI is InChI=1S/C25H25FN2O2S/c26-20-8-6-18(7-9-20)17-28(21-10-11-21)24(29)23-16-22(19-4-2-1-3-5-19)25(31-23)27-12-14-30-15-13-27/h1-9,16,21H,10-15,17H2. The Kier molecular flexibility index (Phi) is 5.74. The van der Waals surface area contributed by atoms with E-state index in [0.717, 1.165) is 52.5 Å². The molecule has 0 N–H and O–H groups in total. The lowest BCUT2D eigenvalue weighted by Gasteiger charge is -2.28. The highest BCUT2D eigenvalue weighted by atomic mass is 32.1. The SMILES string of the molecule is O=C(c1cc(-c2ccccc2)c(N2CCOCC2)s1)N(Cc1ccc(F)cc1)C1CC1. The third-order valence-corrected chi connectivity index (χ3v) is 7.00. The fourth-order valence-electron chi connectivity index (χ4n) is 3.99. The van der Waals surface area contributed by atoms with Crippen LogP contribution in [-0.4, -0.2) is 43.2 Å². The normalized spacial score (nSPS) is 16.4. The van der Waals surface area contributed by atoms with Crippen LogP contribution in [0.1, 0.15) is 28.1 Å². The smallest absolute Gasteiger partial charge is 0.264 e. The van der Waals surface area contributed by atoms with Crippen LogP contribution >= 0.6 is 11.3 Å². The van der Waals surface area contributed by atoms with Gasteiger partial charge in [0.05, 0.1) is 23.1 Å². The van der Waals surface area contributed by atoms with Crippen LogP contribution in [0.15, 0.2) is 60.7 Å². The molecule has 31 heavy (non-hydrogen) atoms. The minimum Gasteiger partial charge on any atom is -0.378 e. The number of carbonyl (C=O) groups excluding carboxylic acids is 1. The van der Waals surface area contributed by atoms with Crippen molar-refractivity contribution in [2.24, 2.45) is 0 Å². The Bertz CT molecular complexity index is 1040. The van der Waals surface area contributed by atoms with Crippen LogP contribution in [0.4, 0.5) is 9.39 Å². The monoisotopic (exact) mass is 436 g/mol. The van der Waals surface area contributed by atoms with E-state index in [1.54, 1.807) is 23.5 Å². The first-order chi connectivity index (χ1) is 15.2. The zero-order chi connectivity index (χ0) is 21.2. The number of hydrogen-bond donors (Lipinski definition) is 0. The second-order valence-electron chi connectivity index (χ2n) is 8.09. The number of benzene rings is 2. The number of morpholine rings is 1. The van der Waals surface area contributed by atoms with Crippen molar-refractivity contribution in [3.05, 3.63) is 76.9 Å². The second-order valence-corrected chi connectivity index (χ2v) is 9.12. The Morgan fingerprint density at radius 3 is 2.45 bits per heavy atom. The fraction of sp³-hybridized carbons (Fsp3) is 0.320. The van der Waals surface area contributed by atoms with Crippen molar-refractivity contribution in [1.29, 1.82) is 0 Å². The van der Waals surface area contributed by atoms with Crippen LogP contribution in [0, 0.1) is 5.82 Å².